The molecular weight excluding hydrogens is 403 g/mol. The van der Waals surface area contributed by atoms with Gasteiger partial charge in [-0.25, -0.2) is 4.99 Å². The first-order valence-electron chi connectivity index (χ1n) is 8.29. The molecule has 6 heteroatoms. The van der Waals surface area contributed by atoms with Crippen LogP contribution in [0.4, 0.5) is 0 Å². The molecule has 0 unspecified atom stereocenters. The highest BCUT2D eigenvalue weighted by Gasteiger charge is 2.22. The largest absolute Gasteiger partial charge is 0.379 e. The van der Waals surface area contributed by atoms with Crippen molar-refractivity contribution in [2.45, 2.75) is 25.4 Å². The molecule has 1 saturated carbocycles. The van der Waals surface area contributed by atoms with E-state index in [1.807, 2.05) is 6.07 Å². The van der Waals surface area contributed by atoms with Gasteiger partial charge in [-0.3, -0.25) is 4.90 Å². The molecular formula is C17H27IN4O. The molecule has 0 bridgehead atoms. The monoisotopic (exact) mass is 430 g/mol. The fourth-order valence-electron chi connectivity index (χ4n) is 2.48. The van der Waals surface area contributed by atoms with Gasteiger partial charge in [0.15, 0.2) is 5.96 Å². The highest BCUT2D eigenvalue weighted by atomic mass is 127. The lowest BCUT2D eigenvalue weighted by Gasteiger charge is -2.26. The van der Waals surface area contributed by atoms with Crippen molar-refractivity contribution in [2.24, 2.45) is 4.99 Å². The topological polar surface area (TPSA) is 48.9 Å². The third-order valence-corrected chi connectivity index (χ3v) is 4.00. The fourth-order valence-corrected chi connectivity index (χ4v) is 2.48. The Bertz CT molecular complexity index is 473. The first-order valence-corrected chi connectivity index (χ1v) is 8.29. The van der Waals surface area contributed by atoms with Crippen molar-refractivity contribution in [1.82, 2.24) is 15.5 Å². The zero-order valence-corrected chi connectivity index (χ0v) is 15.9. The number of guanidine groups is 1. The Kier molecular flexibility index (Phi) is 8.11. The molecule has 0 radical (unpaired) electrons. The van der Waals surface area contributed by atoms with Crippen LogP contribution in [-0.2, 0) is 11.3 Å². The molecule has 0 aromatic heterocycles. The maximum Gasteiger partial charge on any atom is 0.191 e. The molecule has 1 aromatic carbocycles. The number of morpholine rings is 1. The lowest BCUT2D eigenvalue weighted by molar-refractivity contribution is 0.0389. The second-order valence-electron chi connectivity index (χ2n) is 5.95. The molecule has 3 rings (SSSR count). The number of aliphatic imine (C=N–C) groups is 1. The second-order valence-corrected chi connectivity index (χ2v) is 5.95. The number of nitrogens with one attached hydrogen (secondary N) is 2. The Morgan fingerprint density at radius 2 is 1.91 bits per heavy atom. The molecule has 2 N–H and O–H groups in total. The van der Waals surface area contributed by atoms with E-state index in [2.05, 4.69) is 39.8 Å². The summed E-state index contributed by atoms with van der Waals surface area (Å²) in [6, 6.07) is 11.0. The van der Waals surface area contributed by atoms with Crippen molar-refractivity contribution in [3.63, 3.8) is 0 Å². The van der Waals surface area contributed by atoms with Crippen LogP contribution >= 0.6 is 24.0 Å². The van der Waals surface area contributed by atoms with Gasteiger partial charge in [-0.1, -0.05) is 30.3 Å². The van der Waals surface area contributed by atoms with Crippen molar-refractivity contribution < 1.29 is 4.74 Å². The van der Waals surface area contributed by atoms with Crippen molar-refractivity contribution in [3.05, 3.63) is 35.9 Å². The van der Waals surface area contributed by atoms with Gasteiger partial charge in [0.25, 0.3) is 0 Å². The first kappa shape index (κ1) is 18.5. The zero-order chi connectivity index (χ0) is 15.0. The van der Waals surface area contributed by atoms with Gasteiger partial charge in [0.1, 0.15) is 0 Å². The zero-order valence-electron chi connectivity index (χ0n) is 13.5. The number of benzene rings is 1. The predicted octanol–water partition coefficient (Wildman–Crippen LogP) is 1.83. The number of hydrogen-bond acceptors (Lipinski definition) is 3. The van der Waals surface area contributed by atoms with Crippen molar-refractivity contribution in [3.8, 4) is 0 Å². The lowest BCUT2D eigenvalue weighted by Crippen LogP contribution is -2.45. The number of nitrogens with zero attached hydrogens (tertiary/aromatic N) is 2. The molecule has 5 nitrogen and oxygen atoms in total. The first-order chi connectivity index (χ1) is 10.9. The molecule has 1 saturated heterocycles. The molecule has 1 aliphatic carbocycles. The molecule has 0 spiro atoms. The minimum atomic E-state index is 0. The van der Waals surface area contributed by atoms with Gasteiger partial charge in [-0.2, -0.15) is 0 Å². The third-order valence-electron chi connectivity index (χ3n) is 4.00. The highest BCUT2D eigenvalue weighted by molar-refractivity contribution is 14.0. The lowest BCUT2D eigenvalue weighted by atomic mass is 10.2. The summed E-state index contributed by atoms with van der Waals surface area (Å²) in [5.41, 5.74) is 1.24. The van der Waals surface area contributed by atoms with Crippen molar-refractivity contribution in [1.29, 1.82) is 0 Å². The van der Waals surface area contributed by atoms with E-state index in [4.69, 9.17) is 9.73 Å². The third kappa shape index (κ3) is 7.05. The van der Waals surface area contributed by atoms with Crippen molar-refractivity contribution >= 4 is 29.9 Å². The molecule has 23 heavy (non-hydrogen) atoms. The Labute approximate surface area is 155 Å². The molecule has 1 heterocycles. The Balaban J connectivity index is 0.00000192. The Hall–Kier alpha value is -0.860. The average molecular weight is 430 g/mol. The van der Waals surface area contributed by atoms with Crippen LogP contribution in [0.1, 0.15) is 18.4 Å². The van der Waals surface area contributed by atoms with Crippen molar-refractivity contribution in [2.75, 3.05) is 39.4 Å². The summed E-state index contributed by atoms with van der Waals surface area (Å²) in [6.07, 6.45) is 2.52. The molecule has 0 amide bonds. The van der Waals surface area contributed by atoms with Crippen LogP contribution in [0, 0.1) is 0 Å². The summed E-state index contributed by atoms with van der Waals surface area (Å²) in [7, 11) is 0. The van der Waals surface area contributed by atoms with E-state index >= 15 is 0 Å². The van der Waals surface area contributed by atoms with Gasteiger partial charge in [0.2, 0.25) is 0 Å². The van der Waals surface area contributed by atoms with Crippen LogP contribution in [-0.4, -0.2) is 56.3 Å². The number of ether oxygens (including phenoxy) is 1. The van der Waals surface area contributed by atoms with E-state index in [0.29, 0.717) is 6.04 Å². The van der Waals surface area contributed by atoms with Crippen LogP contribution in [0.25, 0.3) is 0 Å². The highest BCUT2D eigenvalue weighted by Crippen LogP contribution is 2.18. The SMILES string of the molecule is I.c1ccc(CN=C(NCCN2CCOCC2)NC2CC2)cc1. The quantitative estimate of drug-likeness (QED) is 0.411. The van der Waals surface area contributed by atoms with Crippen LogP contribution in [0.3, 0.4) is 0 Å². The molecule has 1 aromatic rings. The van der Waals surface area contributed by atoms with Crippen LogP contribution < -0.4 is 10.6 Å². The molecule has 2 fully saturated rings. The molecule has 2 aliphatic rings. The summed E-state index contributed by atoms with van der Waals surface area (Å²) in [5.74, 6) is 0.944. The number of hydrogen-bond donors (Lipinski definition) is 2. The van der Waals surface area contributed by atoms with Crippen LogP contribution in [0.15, 0.2) is 35.3 Å². The smallest absolute Gasteiger partial charge is 0.191 e. The van der Waals surface area contributed by atoms with E-state index in [9.17, 15) is 0 Å². The van der Waals surface area contributed by atoms with Gasteiger partial charge >= 0.3 is 0 Å². The molecule has 0 atom stereocenters. The van der Waals surface area contributed by atoms with E-state index in [0.717, 1.165) is 51.9 Å². The van der Waals surface area contributed by atoms with Gasteiger partial charge in [-0.15, -0.1) is 24.0 Å². The van der Waals surface area contributed by atoms with Crippen LogP contribution in [0.5, 0.6) is 0 Å². The average Bonchev–Trinajstić information content (AvgIpc) is 3.38. The Morgan fingerprint density at radius 3 is 2.61 bits per heavy atom. The number of rotatable bonds is 6. The summed E-state index contributed by atoms with van der Waals surface area (Å²) < 4.78 is 5.38. The fraction of sp³-hybridized carbons (Fsp3) is 0.588. The normalized spacial score (nSPS) is 19.0. The molecule has 1 aliphatic heterocycles. The van der Waals surface area contributed by atoms with E-state index in [-0.39, 0.29) is 24.0 Å². The van der Waals surface area contributed by atoms with E-state index in [1.54, 1.807) is 0 Å². The number of halogens is 1. The summed E-state index contributed by atoms with van der Waals surface area (Å²) in [6.45, 7) is 6.47. The van der Waals surface area contributed by atoms with Gasteiger partial charge in [-0.05, 0) is 18.4 Å². The maximum absolute atomic E-state index is 5.38. The summed E-state index contributed by atoms with van der Waals surface area (Å²) in [4.78, 5) is 7.14. The van der Waals surface area contributed by atoms with Gasteiger partial charge in [0.05, 0.1) is 19.8 Å². The predicted molar refractivity (Wildman–Crippen MR) is 104 cm³/mol. The molecule has 128 valence electrons. The van der Waals surface area contributed by atoms with E-state index in [1.165, 1.54) is 18.4 Å². The second kappa shape index (κ2) is 10.1. The Morgan fingerprint density at radius 1 is 1.17 bits per heavy atom. The standard InChI is InChI=1S/C17H26N4O.HI/c1-2-4-15(5-3-1)14-19-17(20-16-6-7-16)18-8-9-21-10-12-22-13-11-21;/h1-5,16H,6-14H2,(H2,18,19,20);1H. The maximum atomic E-state index is 5.38. The van der Waals surface area contributed by atoms with Gasteiger partial charge in [0, 0.05) is 32.2 Å². The minimum absolute atomic E-state index is 0. The van der Waals surface area contributed by atoms with E-state index < -0.39 is 0 Å². The van der Waals surface area contributed by atoms with Gasteiger partial charge < -0.3 is 15.4 Å². The van der Waals surface area contributed by atoms with Crippen LogP contribution in [0.2, 0.25) is 0 Å². The summed E-state index contributed by atoms with van der Waals surface area (Å²) >= 11 is 0. The minimum Gasteiger partial charge on any atom is -0.379 e. The summed E-state index contributed by atoms with van der Waals surface area (Å²) in [5, 5.41) is 6.96.